The summed E-state index contributed by atoms with van der Waals surface area (Å²) in [4.78, 5) is 17.3. The Morgan fingerprint density at radius 2 is 1.90 bits per heavy atom. The number of imidazole rings is 1. The van der Waals surface area contributed by atoms with Crippen molar-refractivity contribution < 1.29 is 40.8 Å². The van der Waals surface area contributed by atoms with Crippen molar-refractivity contribution in [3.8, 4) is 11.6 Å². The molecule has 1 saturated carbocycles. The van der Waals surface area contributed by atoms with E-state index >= 15 is 0 Å². The first-order valence-corrected chi connectivity index (χ1v) is 8.03. The molecule has 1 aliphatic carbocycles. The van der Waals surface area contributed by atoms with Gasteiger partial charge in [0.1, 0.15) is 11.3 Å². The van der Waals surface area contributed by atoms with E-state index in [0.717, 1.165) is 5.69 Å². The maximum atomic E-state index is 12.6. The van der Waals surface area contributed by atoms with Gasteiger partial charge in [0.2, 0.25) is 0 Å². The predicted octanol–water partition coefficient (Wildman–Crippen LogP) is 3.99. The summed E-state index contributed by atoms with van der Waals surface area (Å²) in [6.45, 7) is 1.88. The number of nitrogens with zero attached hydrogens (tertiary/aromatic N) is 4. The largest absolute Gasteiger partial charge is 0.490 e. The highest BCUT2D eigenvalue weighted by Gasteiger charge is 2.58. The number of hydrogen-bond acceptors (Lipinski definition) is 5. The molecule has 0 amide bonds. The number of carboxylic acid groups (broad SMARTS) is 1. The van der Waals surface area contributed by atoms with Gasteiger partial charge in [-0.2, -0.15) is 31.3 Å². The number of rotatable bonds is 2. The lowest BCUT2D eigenvalue weighted by Crippen LogP contribution is -2.21. The first-order valence-electron chi connectivity index (χ1n) is 8.03. The van der Waals surface area contributed by atoms with Crippen molar-refractivity contribution in [2.24, 2.45) is 5.92 Å². The van der Waals surface area contributed by atoms with Gasteiger partial charge in [0.15, 0.2) is 5.82 Å². The zero-order chi connectivity index (χ0) is 21.6. The van der Waals surface area contributed by atoms with Crippen LogP contribution in [0.3, 0.4) is 0 Å². The summed E-state index contributed by atoms with van der Waals surface area (Å²) in [5.41, 5.74) is 2.22. The van der Waals surface area contributed by atoms with Crippen LogP contribution in [0.5, 0.6) is 0 Å². The van der Waals surface area contributed by atoms with E-state index in [1.54, 1.807) is 18.3 Å². The fourth-order valence-electron chi connectivity index (χ4n) is 2.69. The van der Waals surface area contributed by atoms with Gasteiger partial charge in [-0.05, 0) is 25.5 Å². The van der Waals surface area contributed by atoms with Crippen LogP contribution < -0.4 is 0 Å². The molecule has 0 aliphatic heterocycles. The second-order valence-corrected chi connectivity index (χ2v) is 6.26. The molecule has 29 heavy (non-hydrogen) atoms. The van der Waals surface area contributed by atoms with Crippen LogP contribution in [0.15, 0.2) is 28.9 Å². The highest BCUT2D eigenvalue weighted by Crippen LogP contribution is 2.55. The van der Waals surface area contributed by atoms with Gasteiger partial charge in [0, 0.05) is 17.8 Å². The number of aryl methyl sites for hydroxylation is 1. The molecule has 0 unspecified atom stereocenters. The monoisotopic (exact) mass is 422 g/mol. The van der Waals surface area contributed by atoms with E-state index in [2.05, 4.69) is 15.1 Å². The van der Waals surface area contributed by atoms with E-state index in [-0.39, 0.29) is 18.1 Å². The number of pyridine rings is 1. The summed E-state index contributed by atoms with van der Waals surface area (Å²) in [7, 11) is 0. The second kappa shape index (κ2) is 7.04. The van der Waals surface area contributed by atoms with Crippen LogP contribution in [0.1, 0.15) is 23.9 Å². The molecule has 3 aromatic heterocycles. The summed E-state index contributed by atoms with van der Waals surface area (Å²) >= 11 is 0. The fourth-order valence-corrected chi connectivity index (χ4v) is 2.69. The Morgan fingerprint density at radius 3 is 2.45 bits per heavy atom. The average Bonchev–Trinajstić information content (AvgIpc) is 3.14. The van der Waals surface area contributed by atoms with Crippen LogP contribution >= 0.6 is 0 Å². The third-order valence-electron chi connectivity index (χ3n) is 4.15. The van der Waals surface area contributed by atoms with E-state index in [9.17, 15) is 26.3 Å². The Balaban J connectivity index is 0.000000298. The lowest BCUT2D eigenvalue weighted by molar-refractivity contribution is -0.192. The molecule has 3 heterocycles. The molecular weight excluding hydrogens is 410 g/mol. The summed E-state index contributed by atoms with van der Waals surface area (Å²) in [5.74, 6) is -4.49. The Kier molecular flexibility index (Phi) is 5.01. The van der Waals surface area contributed by atoms with Gasteiger partial charge in [-0.1, -0.05) is 11.2 Å². The number of hydrogen-bond donors (Lipinski definition) is 1. The van der Waals surface area contributed by atoms with E-state index in [1.807, 2.05) is 17.4 Å². The number of aliphatic carboxylic acids is 1. The van der Waals surface area contributed by atoms with Crippen LogP contribution in [0.2, 0.25) is 0 Å². The SMILES string of the molecule is Cc1cnc2cccc(-c3nc([C@@H]4C[C@H]4C(F)(F)F)no3)n12.O=C(O)C(F)(F)F. The molecule has 1 N–H and O–H groups in total. The Labute approximate surface area is 158 Å². The lowest BCUT2D eigenvalue weighted by atomic mass is 10.3. The first-order chi connectivity index (χ1) is 13.4. The maximum Gasteiger partial charge on any atom is 0.490 e. The first kappa shape index (κ1) is 20.6. The smallest absolute Gasteiger partial charge is 0.475 e. The highest BCUT2D eigenvalue weighted by atomic mass is 19.4. The molecule has 0 saturated heterocycles. The van der Waals surface area contributed by atoms with Crippen molar-refractivity contribution in [3.05, 3.63) is 35.9 Å². The summed E-state index contributed by atoms with van der Waals surface area (Å²) in [6.07, 6.45) is -7.56. The number of carboxylic acids is 1. The van der Waals surface area contributed by atoms with E-state index in [0.29, 0.717) is 11.3 Å². The topological polar surface area (TPSA) is 93.5 Å². The van der Waals surface area contributed by atoms with Gasteiger partial charge >= 0.3 is 18.3 Å². The van der Waals surface area contributed by atoms with Crippen LogP contribution in [0.25, 0.3) is 17.2 Å². The van der Waals surface area contributed by atoms with Crippen molar-refractivity contribution in [2.45, 2.75) is 31.6 Å². The van der Waals surface area contributed by atoms with Crippen molar-refractivity contribution >= 4 is 11.6 Å². The van der Waals surface area contributed by atoms with Crippen LogP contribution in [0.4, 0.5) is 26.3 Å². The molecule has 1 fully saturated rings. The Hall–Kier alpha value is -3.12. The van der Waals surface area contributed by atoms with E-state index in [1.165, 1.54) is 0 Å². The van der Waals surface area contributed by atoms with Gasteiger partial charge in [0.05, 0.1) is 5.92 Å². The fraction of sp³-hybridized carbons (Fsp3) is 0.375. The normalized spacial score (nSPS) is 19.0. The average molecular weight is 422 g/mol. The molecule has 2 atom stereocenters. The van der Waals surface area contributed by atoms with Crippen molar-refractivity contribution in [1.82, 2.24) is 19.5 Å². The third-order valence-corrected chi connectivity index (χ3v) is 4.15. The molecule has 0 spiro atoms. The van der Waals surface area contributed by atoms with Gasteiger partial charge in [-0.3, -0.25) is 4.40 Å². The molecular formula is C16H12F6N4O3. The molecule has 0 radical (unpaired) electrons. The summed E-state index contributed by atoms with van der Waals surface area (Å²) in [5, 5.41) is 10.8. The summed E-state index contributed by atoms with van der Waals surface area (Å²) < 4.78 is 76.6. The van der Waals surface area contributed by atoms with Gasteiger partial charge in [0.25, 0.3) is 5.89 Å². The zero-order valence-electron chi connectivity index (χ0n) is 14.5. The number of fused-ring (bicyclic) bond motifs is 1. The molecule has 7 nitrogen and oxygen atoms in total. The minimum atomic E-state index is -5.08. The lowest BCUT2D eigenvalue weighted by Gasteiger charge is -2.02. The molecule has 0 bridgehead atoms. The number of carbonyl (C=O) groups is 1. The highest BCUT2D eigenvalue weighted by molar-refractivity contribution is 5.73. The number of alkyl halides is 6. The van der Waals surface area contributed by atoms with Crippen LogP contribution in [0, 0.1) is 12.8 Å². The number of aromatic nitrogens is 4. The van der Waals surface area contributed by atoms with E-state index in [4.69, 9.17) is 14.4 Å². The van der Waals surface area contributed by atoms with Crippen LogP contribution in [-0.4, -0.2) is 43.0 Å². The molecule has 4 rings (SSSR count). The summed E-state index contributed by atoms with van der Waals surface area (Å²) in [6, 6.07) is 5.39. The standard InChI is InChI=1S/C14H11F3N4O.C2HF3O2/c1-7-6-18-11-4-2-3-10(21(7)11)13-19-12(20-22-13)8-5-9(8)14(15,16)17;3-2(4,5)1(6)7/h2-4,6,8-9H,5H2,1H3;(H,6,7)/t8-,9-;/m1./s1. The minimum Gasteiger partial charge on any atom is -0.475 e. The molecule has 0 aromatic carbocycles. The van der Waals surface area contributed by atoms with Crippen molar-refractivity contribution in [2.75, 3.05) is 0 Å². The molecule has 13 heteroatoms. The van der Waals surface area contributed by atoms with Gasteiger partial charge in [-0.25, -0.2) is 9.78 Å². The van der Waals surface area contributed by atoms with Crippen molar-refractivity contribution in [3.63, 3.8) is 0 Å². The zero-order valence-corrected chi connectivity index (χ0v) is 14.5. The Morgan fingerprint density at radius 1 is 1.24 bits per heavy atom. The molecule has 3 aromatic rings. The third kappa shape index (κ3) is 4.32. The maximum absolute atomic E-state index is 12.6. The number of halogens is 6. The van der Waals surface area contributed by atoms with Crippen molar-refractivity contribution in [1.29, 1.82) is 0 Å². The Bertz CT molecular complexity index is 1040. The molecule has 156 valence electrons. The minimum absolute atomic E-state index is 0.0246. The van der Waals surface area contributed by atoms with Gasteiger partial charge in [-0.15, -0.1) is 0 Å². The second-order valence-electron chi connectivity index (χ2n) is 6.26. The quantitative estimate of drug-likeness (QED) is 0.628. The predicted molar refractivity (Wildman–Crippen MR) is 83.8 cm³/mol. The van der Waals surface area contributed by atoms with E-state index < -0.39 is 30.2 Å². The molecule has 1 aliphatic rings. The van der Waals surface area contributed by atoms with Gasteiger partial charge < -0.3 is 9.63 Å². The van der Waals surface area contributed by atoms with Crippen LogP contribution in [-0.2, 0) is 4.79 Å².